The Morgan fingerprint density at radius 3 is 0.500 bits per heavy atom. The van der Waals surface area contributed by atoms with Gasteiger partial charge < -0.3 is 37.2 Å². The Kier molecular flexibility index (Phi) is 250. The Morgan fingerprint density at radius 1 is 0.500 bits per heavy atom. The van der Waals surface area contributed by atoms with Gasteiger partial charge in [-0.05, 0) is 0 Å². The second-order valence-electron chi connectivity index (χ2n) is 0. The van der Waals surface area contributed by atoms with Crippen molar-refractivity contribution in [3.63, 3.8) is 0 Å². The van der Waals surface area contributed by atoms with E-state index in [0.717, 1.165) is 0 Å². The first-order valence-electron chi connectivity index (χ1n) is 0. The summed E-state index contributed by atoms with van der Waals surface area (Å²) in [6.45, 7) is 0. The monoisotopic (exact) mass is 225 g/mol. The van der Waals surface area contributed by atoms with Crippen molar-refractivity contribution in [3.05, 3.63) is 0 Å². The largest absolute Gasteiger partial charge is 4.00 e. The molecule has 0 atom stereocenters. The summed E-state index contributed by atoms with van der Waals surface area (Å²) in [5.74, 6) is 0. The van der Waals surface area contributed by atoms with Gasteiger partial charge in [0.05, 0.1) is 0 Å². The Hall–Kier alpha value is 1.67. The van der Waals surface area contributed by atoms with Crippen LogP contribution in [-0.4, -0.2) is 23.9 Å². The SMILES string of the molecule is [Cl-].[Cl-].[Cl-].[Sn+4]. The van der Waals surface area contributed by atoms with Gasteiger partial charge >= 0.3 is 23.9 Å². The van der Waals surface area contributed by atoms with Crippen LogP contribution in [0.5, 0.6) is 0 Å². The second kappa shape index (κ2) is 22.6. The van der Waals surface area contributed by atoms with Gasteiger partial charge in [0.1, 0.15) is 0 Å². The van der Waals surface area contributed by atoms with Gasteiger partial charge in [0.15, 0.2) is 0 Å². The minimum Gasteiger partial charge on any atom is -1.00 e. The zero-order chi connectivity index (χ0) is 0. The van der Waals surface area contributed by atoms with Crippen LogP contribution in [0.2, 0.25) is 0 Å². The molecule has 0 saturated heterocycles. The predicted octanol–water partition coefficient (Wildman–Crippen LogP) is -9.37. The average molecular weight is 225 g/mol. The van der Waals surface area contributed by atoms with E-state index in [1.165, 1.54) is 0 Å². The van der Waals surface area contributed by atoms with Crippen LogP contribution in [0, 0.1) is 0 Å². The minimum absolute atomic E-state index is 0. The van der Waals surface area contributed by atoms with Crippen LogP contribution in [-0.2, 0) is 0 Å². The molecule has 0 nitrogen and oxygen atoms in total. The molecule has 0 N–H and O–H groups in total. The molecular formula is Cl3Sn+. The summed E-state index contributed by atoms with van der Waals surface area (Å²) in [7, 11) is 0. The molecule has 4 heteroatoms. The average Bonchev–Trinajstić information content (AvgIpc) is 0. The van der Waals surface area contributed by atoms with Crippen LogP contribution >= 0.6 is 0 Å². The molecule has 0 aromatic carbocycles. The predicted molar refractivity (Wildman–Crippen MR) is 5.75 cm³/mol. The molecule has 0 aliphatic rings. The molecule has 0 radical (unpaired) electrons. The maximum atomic E-state index is 0. The zero-order valence-electron chi connectivity index (χ0n) is 1.63. The van der Waals surface area contributed by atoms with E-state index in [0.29, 0.717) is 0 Å². The van der Waals surface area contributed by atoms with Gasteiger partial charge in [0, 0.05) is 0 Å². The van der Waals surface area contributed by atoms with Crippen LogP contribution in [0.3, 0.4) is 0 Å². The molecule has 0 fully saturated rings. The smallest absolute Gasteiger partial charge is 1.00 e. The summed E-state index contributed by atoms with van der Waals surface area (Å²) in [6.07, 6.45) is 0. The van der Waals surface area contributed by atoms with Gasteiger partial charge in [-0.2, -0.15) is 0 Å². The Bertz CT molecular complexity index is 3.25. The minimum atomic E-state index is 0. The normalized spacial score (nSPS) is 0. The fourth-order valence-corrected chi connectivity index (χ4v) is 0. The fraction of sp³-hybridized carbons (Fsp3) is 0. The fourth-order valence-electron chi connectivity index (χ4n) is 0. The first-order valence-corrected chi connectivity index (χ1v) is 0. The van der Waals surface area contributed by atoms with Crippen LogP contribution in [0.4, 0.5) is 0 Å². The van der Waals surface area contributed by atoms with Gasteiger partial charge in [-0.3, -0.25) is 0 Å². The van der Waals surface area contributed by atoms with Crippen molar-refractivity contribution >= 4 is 23.9 Å². The third-order valence-corrected chi connectivity index (χ3v) is 0. The summed E-state index contributed by atoms with van der Waals surface area (Å²) in [5, 5.41) is 0. The molecule has 0 aliphatic carbocycles. The van der Waals surface area contributed by atoms with Crippen LogP contribution in [0.25, 0.3) is 0 Å². The molecule has 0 heterocycles. The molecule has 24 valence electrons. The summed E-state index contributed by atoms with van der Waals surface area (Å²) in [5.41, 5.74) is 0. The van der Waals surface area contributed by atoms with Crippen LogP contribution in [0.1, 0.15) is 0 Å². The Labute approximate surface area is 60.9 Å². The first-order chi connectivity index (χ1) is 0. The van der Waals surface area contributed by atoms with Crippen molar-refractivity contribution in [3.8, 4) is 0 Å². The van der Waals surface area contributed by atoms with Crippen LogP contribution < -0.4 is 37.2 Å². The molecule has 0 spiro atoms. The van der Waals surface area contributed by atoms with E-state index in [-0.39, 0.29) is 61.1 Å². The van der Waals surface area contributed by atoms with E-state index in [1.54, 1.807) is 0 Å². The van der Waals surface area contributed by atoms with Crippen molar-refractivity contribution in [2.45, 2.75) is 0 Å². The molecule has 4 heavy (non-hydrogen) atoms. The molecule has 0 saturated carbocycles. The van der Waals surface area contributed by atoms with Gasteiger partial charge in [-0.15, -0.1) is 0 Å². The van der Waals surface area contributed by atoms with E-state index in [4.69, 9.17) is 0 Å². The van der Waals surface area contributed by atoms with Crippen molar-refractivity contribution < 1.29 is 37.2 Å². The summed E-state index contributed by atoms with van der Waals surface area (Å²) in [4.78, 5) is 0. The van der Waals surface area contributed by atoms with E-state index in [1.807, 2.05) is 0 Å². The molecule has 0 rings (SSSR count). The topological polar surface area (TPSA) is 0 Å². The van der Waals surface area contributed by atoms with Gasteiger partial charge in [0.2, 0.25) is 0 Å². The summed E-state index contributed by atoms with van der Waals surface area (Å²) >= 11 is 0. The summed E-state index contributed by atoms with van der Waals surface area (Å²) < 4.78 is 0. The molecule has 0 unspecified atom stereocenters. The van der Waals surface area contributed by atoms with E-state index >= 15 is 0 Å². The van der Waals surface area contributed by atoms with Crippen molar-refractivity contribution in [2.24, 2.45) is 0 Å². The number of halogens is 3. The van der Waals surface area contributed by atoms with Crippen LogP contribution in [0.15, 0.2) is 0 Å². The maximum Gasteiger partial charge on any atom is 4.00 e. The third kappa shape index (κ3) is 9.38. The number of hydrogen-bond acceptors (Lipinski definition) is 0. The molecule has 0 aromatic heterocycles. The quantitative estimate of drug-likeness (QED) is 0.359. The maximum absolute atomic E-state index is 0. The molecule has 0 bridgehead atoms. The second-order valence-corrected chi connectivity index (χ2v) is 0. The van der Waals surface area contributed by atoms with Crippen molar-refractivity contribution in [1.82, 2.24) is 0 Å². The van der Waals surface area contributed by atoms with Gasteiger partial charge in [-0.25, -0.2) is 0 Å². The van der Waals surface area contributed by atoms with E-state index in [9.17, 15) is 0 Å². The number of hydrogen-bond donors (Lipinski definition) is 0. The first kappa shape index (κ1) is 44.4. The zero-order valence-corrected chi connectivity index (χ0v) is 6.76. The molecule has 0 amide bonds. The summed E-state index contributed by atoms with van der Waals surface area (Å²) in [6, 6.07) is 0. The van der Waals surface area contributed by atoms with Gasteiger partial charge in [-0.1, -0.05) is 0 Å². The van der Waals surface area contributed by atoms with E-state index in [2.05, 4.69) is 0 Å². The van der Waals surface area contributed by atoms with Crippen molar-refractivity contribution in [1.29, 1.82) is 0 Å². The van der Waals surface area contributed by atoms with Gasteiger partial charge in [0.25, 0.3) is 0 Å². The molecule has 0 aromatic rings. The molecular weight excluding hydrogens is 225 g/mol. The Morgan fingerprint density at radius 2 is 0.500 bits per heavy atom. The third-order valence-electron chi connectivity index (χ3n) is 0. The molecule has 0 aliphatic heterocycles. The Balaban J connectivity index is 0. The van der Waals surface area contributed by atoms with Crippen molar-refractivity contribution in [2.75, 3.05) is 0 Å². The van der Waals surface area contributed by atoms with E-state index < -0.39 is 0 Å². The standard InChI is InChI=1S/3ClH.Sn/h3*1H;/q;;;+4/p-3. The number of rotatable bonds is 0.